The minimum absolute atomic E-state index is 0.0787. The van der Waals surface area contributed by atoms with Crippen LogP contribution in [-0.2, 0) is 28.7 Å². The number of esters is 1. The number of carbonyl (C=O) groups excluding carboxylic acids is 6. The second kappa shape index (κ2) is 14.7. The van der Waals surface area contributed by atoms with Crippen molar-refractivity contribution in [3.05, 3.63) is 0 Å². The minimum atomic E-state index is -1.10. The van der Waals surface area contributed by atoms with Gasteiger partial charge in [-0.1, -0.05) is 86.0 Å². The van der Waals surface area contributed by atoms with E-state index in [0.29, 0.717) is 32.2 Å². The van der Waals surface area contributed by atoms with Gasteiger partial charge in [0.15, 0.2) is 0 Å². The molecule has 5 N–H and O–H groups in total. The van der Waals surface area contributed by atoms with E-state index in [9.17, 15) is 28.8 Å². The third-order valence-corrected chi connectivity index (χ3v) is 9.76. The predicted octanol–water partition coefficient (Wildman–Crippen LogP) is 3.35. The van der Waals surface area contributed by atoms with Gasteiger partial charge in [-0.25, -0.2) is 9.59 Å². The number of Topliss-reactive ketones (excluding diaryl/α,β-unsaturated/α-hetero) is 1. The Morgan fingerprint density at radius 3 is 1.98 bits per heavy atom. The fourth-order valence-corrected chi connectivity index (χ4v) is 7.05. The molecule has 260 valence electrons. The van der Waals surface area contributed by atoms with Crippen LogP contribution >= 0.6 is 0 Å². The number of urea groups is 1. The summed E-state index contributed by atoms with van der Waals surface area (Å²) in [6.45, 7) is 15.2. The molecule has 46 heavy (non-hydrogen) atoms. The van der Waals surface area contributed by atoms with E-state index in [0.717, 1.165) is 38.5 Å². The molecule has 3 fully saturated rings. The summed E-state index contributed by atoms with van der Waals surface area (Å²) >= 11 is 0. The van der Waals surface area contributed by atoms with Crippen LogP contribution in [0.15, 0.2) is 0 Å². The van der Waals surface area contributed by atoms with E-state index in [1.54, 1.807) is 20.8 Å². The van der Waals surface area contributed by atoms with Crippen LogP contribution in [0.25, 0.3) is 0 Å². The number of ketones is 1. The Morgan fingerprint density at radius 1 is 0.913 bits per heavy atom. The van der Waals surface area contributed by atoms with Gasteiger partial charge in [-0.2, -0.15) is 0 Å². The first-order valence-corrected chi connectivity index (χ1v) is 17.0. The van der Waals surface area contributed by atoms with E-state index >= 15 is 0 Å². The summed E-state index contributed by atoms with van der Waals surface area (Å²) < 4.78 is 5.57. The topological polar surface area (TPSA) is 177 Å². The van der Waals surface area contributed by atoms with Crippen molar-refractivity contribution >= 4 is 35.5 Å². The fraction of sp³-hybridized carbons (Fsp3) is 0.824. The molecule has 3 rings (SSSR count). The lowest BCUT2D eigenvalue weighted by atomic mass is 9.86. The van der Waals surface area contributed by atoms with Gasteiger partial charge in [0.05, 0.1) is 6.04 Å². The predicted molar refractivity (Wildman–Crippen MR) is 173 cm³/mol. The summed E-state index contributed by atoms with van der Waals surface area (Å²) in [4.78, 5) is 80.7. The number of nitrogens with one attached hydrogen (secondary N) is 3. The molecule has 0 radical (unpaired) electrons. The number of fused-ring (bicyclic) bond motifs is 3. The number of hydrogen-bond donors (Lipinski definition) is 4. The lowest BCUT2D eigenvalue weighted by Crippen LogP contribution is -2.60. The normalized spacial score (nSPS) is 28.4. The molecular formula is C34H57N5O7. The molecule has 2 aliphatic heterocycles. The number of nitrogens with zero attached hydrogens (tertiary/aromatic N) is 1. The maximum absolute atomic E-state index is 14.2. The summed E-state index contributed by atoms with van der Waals surface area (Å²) in [6, 6.07) is -4.50. The Hall–Kier alpha value is -3.18. The van der Waals surface area contributed by atoms with Crippen LogP contribution in [0.3, 0.4) is 0 Å². The molecule has 0 aromatic heterocycles. The summed E-state index contributed by atoms with van der Waals surface area (Å²) in [5.74, 6) is -3.45. The number of primary amides is 1. The Labute approximate surface area is 274 Å². The lowest BCUT2D eigenvalue weighted by molar-refractivity contribution is -0.160. The van der Waals surface area contributed by atoms with Gasteiger partial charge in [-0.15, -0.1) is 0 Å². The molecule has 2 saturated heterocycles. The second-order valence-electron chi connectivity index (χ2n) is 16.1. The number of ether oxygens (including phenoxy) is 1. The van der Waals surface area contributed by atoms with E-state index < -0.39 is 64.8 Å². The zero-order chi connectivity index (χ0) is 34.6. The molecule has 5 amide bonds. The van der Waals surface area contributed by atoms with Crippen LogP contribution < -0.4 is 21.7 Å². The van der Waals surface area contributed by atoms with Crippen LogP contribution in [0.4, 0.5) is 4.79 Å². The largest absolute Gasteiger partial charge is 0.458 e. The molecule has 1 unspecified atom stereocenters. The third kappa shape index (κ3) is 9.44. The SMILES string of the molecule is CC(C)(C)OC(=O)C(NC(=O)N[C@H]1CCCCCCCCCC[C@@H](C(=O)C(N)=O)NC(=O)[C@@H]2[C@@H]3[C@H](CN2C1=O)C3(C)C)C(C)(C)C. The van der Waals surface area contributed by atoms with E-state index in [2.05, 4.69) is 29.8 Å². The summed E-state index contributed by atoms with van der Waals surface area (Å²) in [5, 5.41) is 8.35. The third-order valence-electron chi connectivity index (χ3n) is 9.76. The highest BCUT2D eigenvalue weighted by Crippen LogP contribution is 2.65. The molecule has 0 aromatic rings. The zero-order valence-corrected chi connectivity index (χ0v) is 29.1. The van der Waals surface area contributed by atoms with Crippen molar-refractivity contribution in [1.29, 1.82) is 0 Å². The maximum Gasteiger partial charge on any atom is 0.329 e. The highest BCUT2D eigenvalue weighted by molar-refractivity contribution is 6.37. The van der Waals surface area contributed by atoms with Crippen LogP contribution in [0.1, 0.15) is 120 Å². The first kappa shape index (κ1) is 37.3. The monoisotopic (exact) mass is 647 g/mol. The van der Waals surface area contributed by atoms with Crippen LogP contribution in [0.5, 0.6) is 0 Å². The Balaban J connectivity index is 1.87. The van der Waals surface area contributed by atoms with E-state index in [1.165, 1.54) is 4.90 Å². The first-order valence-electron chi connectivity index (χ1n) is 17.0. The molecule has 1 saturated carbocycles. The number of amides is 5. The standard InChI is InChI=1S/C34H57N5O7/c1-32(2,3)26(30(44)46-33(4,5)6)38-31(45)37-22-18-16-14-12-10-9-11-13-15-17-21(25(40)27(35)41)36-28(42)24-23-20(34(23,7)8)19-39(24)29(22)43/h20-24,26H,9-19H2,1-8H3,(H2,35,41)(H,36,42)(H2,37,38,45)/t20-,21-,22-,23-,24-,26?/m0/s1. The molecule has 6 atom stereocenters. The molecule has 0 bridgehead atoms. The van der Waals surface area contributed by atoms with Crippen molar-refractivity contribution in [3.63, 3.8) is 0 Å². The molecule has 0 spiro atoms. The van der Waals surface area contributed by atoms with Gasteiger partial charge in [0, 0.05) is 6.54 Å². The van der Waals surface area contributed by atoms with Gasteiger partial charge in [-0.3, -0.25) is 19.2 Å². The quantitative estimate of drug-likeness (QED) is 0.261. The smallest absolute Gasteiger partial charge is 0.329 e. The first-order chi connectivity index (χ1) is 21.3. The number of piperidine rings is 1. The van der Waals surface area contributed by atoms with Crippen molar-refractivity contribution in [2.45, 2.75) is 149 Å². The maximum atomic E-state index is 14.2. The van der Waals surface area contributed by atoms with Gasteiger partial charge in [0.2, 0.25) is 17.6 Å². The van der Waals surface area contributed by atoms with Gasteiger partial charge in [-0.05, 0) is 56.3 Å². The zero-order valence-electron chi connectivity index (χ0n) is 29.1. The molecule has 12 heteroatoms. The minimum Gasteiger partial charge on any atom is -0.458 e. The number of hydrogen-bond acceptors (Lipinski definition) is 7. The molecule has 1 aliphatic carbocycles. The van der Waals surface area contributed by atoms with Crippen LogP contribution in [-0.4, -0.2) is 76.7 Å². The average molecular weight is 648 g/mol. The Bertz CT molecular complexity index is 1170. The number of carbonyl (C=O) groups is 6. The molecule has 2 heterocycles. The van der Waals surface area contributed by atoms with E-state index in [-0.39, 0.29) is 23.2 Å². The van der Waals surface area contributed by atoms with Gasteiger partial charge < -0.3 is 31.3 Å². The summed E-state index contributed by atoms with van der Waals surface area (Å²) in [6.07, 6.45) is 7.74. The summed E-state index contributed by atoms with van der Waals surface area (Å²) in [5.41, 5.74) is 3.72. The highest BCUT2D eigenvalue weighted by atomic mass is 16.6. The van der Waals surface area contributed by atoms with E-state index in [1.807, 2.05) is 20.8 Å². The van der Waals surface area contributed by atoms with E-state index in [4.69, 9.17) is 10.5 Å². The van der Waals surface area contributed by atoms with Gasteiger partial charge in [0.1, 0.15) is 23.7 Å². The second-order valence-corrected chi connectivity index (χ2v) is 16.1. The Morgan fingerprint density at radius 2 is 1.46 bits per heavy atom. The molecule has 0 aromatic carbocycles. The van der Waals surface area contributed by atoms with Crippen molar-refractivity contribution in [2.75, 3.05) is 6.54 Å². The molecular weight excluding hydrogens is 590 g/mol. The molecule has 3 aliphatic rings. The average Bonchev–Trinajstić information content (AvgIpc) is 3.25. The molecule has 12 nitrogen and oxygen atoms in total. The van der Waals surface area contributed by atoms with Gasteiger partial charge in [0.25, 0.3) is 5.91 Å². The number of rotatable bonds is 5. The van der Waals surface area contributed by atoms with Crippen molar-refractivity contribution in [3.8, 4) is 0 Å². The van der Waals surface area contributed by atoms with Crippen LogP contribution in [0, 0.1) is 22.7 Å². The Kier molecular flexibility index (Phi) is 11.9. The van der Waals surface area contributed by atoms with Crippen molar-refractivity contribution in [1.82, 2.24) is 20.9 Å². The van der Waals surface area contributed by atoms with Crippen molar-refractivity contribution in [2.24, 2.45) is 28.4 Å². The van der Waals surface area contributed by atoms with Gasteiger partial charge >= 0.3 is 12.0 Å². The fourth-order valence-electron chi connectivity index (χ4n) is 7.05. The number of nitrogens with two attached hydrogens (primary N) is 1. The lowest BCUT2D eigenvalue weighted by Gasteiger charge is -2.35. The van der Waals surface area contributed by atoms with Crippen molar-refractivity contribution < 1.29 is 33.5 Å². The van der Waals surface area contributed by atoms with Crippen LogP contribution in [0.2, 0.25) is 0 Å². The highest BCUT2D eigenvalue weighted by Gasteiger charge is 2.69. The summed E-state index contributed by atoms with van der Waals surface area (Å²) in [7, 11) is 0.